The molecule has 2 rings (SSSR count). The number of benzene rings is 1. The smallest absolute Gasteiger partial charge is 0.157 e. The van der Waals surface area contributed by atoms with Gasteiger partial charge in [0.1, 0.15) is 5.82 Å². The summed E-state index contributed by atoms with van der Waals surface area (Å²) < 4.78 is 13.0. The van der Waals surface area contributed by atoms with Gasteiger partial charge in [0.15, 0.2) is 5.78 Å². The van der Waals surface area contributed by atoms with Crippen molar-refractivity contribution in [3.05, 3.63) is 47.4 Å². The highest BCUT2D eigenvalue weighted by Crippen LogP contribution is 2.19. The van der Waals surface area contributed by atoms with E-state index < -0.39 is 0 Å². The van der Waals surface area contributed by atoms with Crippen LogP contribution in [0.4, 0.5) is 4.39 Å². The predicted octanol–water partition coefficient (Wildman–Crippen LogP) is 2.72. The van der Waals surface area contributed by atoms with Crippen molar-refractivity contribution in [3.63, 3.8) is 0 Å². The Labute approximate surface area is 94.2 Å². The zero-order valence-corrected chi connectivity index (χ0v) is 9.16. The molecule has 1 aliphatic carbocycles. The number of rotatable bonds is 3. The van der Waals surface area contributed by atoms with Crippen LogP contribution in [0.5, 0.6) is 0 Å². The molecule has 1 unspecified atom stereocenters. The third-order valence-electron chi connectivity index (χ3n) is 2.73. The van der Waals surface area contributed by atoms with E-state index in [-0.39, 0.29) is 17.6 Å². The molecule has 0 fully saturated rings. The van der Waals surface area contributed by atoms with Gasteiger partial charge in [-0.25, -0.2) is 4.39 Å². The Morgan fingerprint density at radius 2 is 2.19 bits per heavy atom. The van der Waals surface area contributed by atoms with Crippen LogP contribution in [0.25, 0.3) is 0 Å². The first kappa shape index (κ1) is 10.9. The molecule has 16 heavy (non-hydrogen) atoms. The molecule has 1 N–H and O–H groups in total. The third kappa shape index (κ3) is 2.48. The average Bonchev–Trinajstić information content (AvgIpc) is 2.64. The standard InChI is InChI=1S/C13H14FNO/c1-9(10-3-2-4-11(14)7-10)15-12-5-6-13(16)8-12/h2-4,7-9,15H,5-6H2,1H3. The topological polar surface area (TPSA) is 29.1 Å². The molecular weight excluding hydrogens is 205 g/mol. The van der Waals surface area contributed by atoms with Crippen molar-refractivity contribution >= 4 is 5.78 Å². The number of carbonyl (C=O) groups is 1. The quantitative estimate of drug-likeness (QED) is 0.846. The maximum Gasteiger partial charge on any atom is 0.157 e. The van der Waals surface area contributed by atoms with Crippen LogP contribution in [-0.2, 0) is 4.79 Å². The zero-order valence-electron chi connectivity index (χ0n) is 9.16. The van der Waals surface area contributed by atoms with E-state index in [0.717, 1.165) is 17.7 Å². The summed E-state index contributed by atoms with van der Waals surface area (Å²) in [5.41, 5.74) is 1.84. The van der Waals surface area contributed by atoms with Gasteiger partial charge in [0.25, 0.3) is 0 Å². The Kier molecular flexibility index (Phi) is 3.04. The molecule has 0 aromatic heterocycles. The Morgan fingerprint density at radius 1 is 1.38 bits per heavy atom. The maximum atomic E-state index is 13.0. The molecule has 0 saturated heterocycles. The van der Waals surface area contributed by atoms with Crippen LogP contribution in [0, 0.1) is 5.82 Å². The lowest BCUT2D eigenvalue weighted by Crippen LogP contribution is -2.17. The van der Waals surface area contributed by atoms with Crippen LogP contribution in [0.1, 0.15) is 31.4 Å². The van der Waals surface area contributed by atoms with Crippen LogP contribution in [0.3, 0.4) is 0 Å². The average molecular weight is 219 g/mol. The number of carbonyl (C=O) groups excluding carboxylic acids is 1. The minimum absolute atomic E-state index is 0.0212. The normalized spacial score (nSPS) is 17.1. The highest BCUT2D eigenvalue weighted by molar-refractivity contribution is 5.92. The molecule has 0 aliphatic heterocycles. The molecule has 0 saturated carbocycles. The van der Waals surface area contributed by atoms with Gasteiger partial charge < -0.3 is 5.32 Å². The fourth-order valence-electron chi connectivity index (χ4n) is 1.85. The summed E-state index contributed by atoms with van der Waals surface area (Å²) in [4.78, 5) is 11.0. The Bertz CT molecular complexity index is 439. The molecule has 1 aromatic carbocycles. The van der Waals surface area contributed by atoms with Gasteiger partial charge in [0.2, 0.25) is 0 Å². The van der Waals surface area contributed by atoms with Gasteiger partial charge in [-0.15, -0.1) is 0 Å². The highest BCUT2D eigenvalue weighted by Gasteiger charge is 2.14. The van der Waals surface area contributed by atoms with E-state index in [1.165, 1.54) is 12.1 Å². The highest BCUT2D eigenvalue weighted by atomic mass is 19.1. The van der Waals surface area contributed by atoms with Gasteiger partial charge in [-0.2, -0.15) is 0 Å². The van der Waals surface area contributed by atoms with Crippen molar-refractivity contribution in [3.8, 4) is 0 Å². The Hall–Kier alpha value is -1.64. The second kappa shape index (κ2) is 4.47. The molecule has 1 aromatic rings. The first-order valence-corrected chi connectivity index (χ1v) is 5.40. The van der Waals surface area contributed by atoms with Gasteiger partial charge >= 0.3 is 0 Å². The van der Waals surface area contributed by atoms with E-state index in [0.29, 0.717) is 6.42 Å². The number of hydrogen-bond donors (Lipinski definition) is 1. The fraction of sp³-hybridized carbons (Fsp3) is 0.308. The van der Waals surface area contributed by atoms with E-state index in [9.17, 15) is 9.18 Å². The van der Waals surface area contributed by atoms with E-state index in [1.807, 2.05) is 13.0 Å². The summed E-state index contributed by atoms with van der Waals surface area (Å²) in [6.07, 6.45) is 2.98. The van der Waals surface area contributed by atoms with Crippen LogP contribution in [0.2, 0.25) is 0 Å². The molecule has 2 nitrogen and oxygen atoms in total. The van der Waals surface area contributed by atoms with Gasteiger partial charge in [0.05, 0.1) is 0 Å². The summed E-state index contributed by atoms with van der Waals surface area (Å²) in [7, 11) is 0. The summed E-state index contributed by atoms with van der Waals surface area (Å²) in [6.45, 7) is 1.96. The van der Waals surface area contributed by atoms with Crippen LogP contribution < -0.4 is 5.32 Å². The maximum absolute atomic E-state index is 13.0. The lowest BCUT2D eigenvalue weighted by Gasteiger charge is -2.16. The van der Waals surface area contributed by atoms with Crippen molar-refractivity contribution < 1.29 is 9.18 Å². The second-order valence-electron chi connectivity index (χ2n) is 4.06. The molecule has 0 heterocycles. The van der Waals surface area contributed by atoms with E-state index in [2.05, 4.69) is 5.32 Å². The summed E-state index contributed by atoms with van der Waals surface area (Å²) in [6, 6.07) is 6.52. The molecular formula is C13H14FNO. The molecule has 0 bridgehead atoms. The molecule has 1 aliphatic rings. The van der Waals surface area contributed by atoms with Gasteiger partial charge in [0, 0.05) is 24.2 Å². The van der Waals surface area contributed by atoms with Gasteiger partial charge in [-0.1, -0.05) is 12.1 Å². The summed E-state index contributed by atoms with van der Waals surface area (Å²) >= 11 is 0. The SMILES string of the molecule is CC(NC1=CC(=O)CC1)c1cccc(F)c1. The lowest BCUT2D eigenvalue weighted by molar-refractivity contribution is -0.114. The monoisotopic (exact) mass is 219 g/mol. The van der Waals surface area contributed by atoms with Crippen molar-refractivity contribution in [1.29, 1.82) is 0 Å². The first-order valence-electron chi connectivity index (χ1n) is 5.40. The lowest BCUT2D eigenvalue weighted by atomic mass is 10.1. The summed E-state index contributed by atoms with van der Waals surface area (Å²) in [5.74, 6) is -0.0726. The second-order valence-corrected chi connectivity index (χ2v) is 4.06. The van der Waals surface area contributed by atoms with E-state index >= 15 is 0 Å². The summed E-state index contributed by atoms with van der Waals surface area (Å²) in [5, 5.41) is 3.23. The predicted molar refractivity (Wildman–Crippen MR) is 60.3 cm³/mol. The van der Waals surface area contributed by atoms with Crippen LogP contribution in [0.15, 0.2) is 36.0 Å². The van der Waals surface area contributed by atoms with E-state index in [4.69, 9.17) is 0 Å². The number of nitrogens with one attached hydrogen (secondary N) is 1. The minimum Gasteiger partial charge on any atom is -0.382 e. The minimum atomic E-state index is -0.234. The van der Waals surface area contributed by atoms with Crippen molar-refractivity contribution in [1.82, 2.24) is 5.32 Å². The number of allylic oxidation sites excluding steroid dienone is 2. The Morgan fingerprint density at radius 3 is 2.81 bits per heavy atom. The molecule has 84 valence electrons. The van der Waals surface area contributed by atoms with E-state index in [1.54, 1.807) is 12.1 Å². The van der Waals surface area contributed by atoms with Crippen molar-refractivity contribution in [2.24, 2.45) is 0 Å². The molecule has 0 spiro atoms. The molecule has 1 atom stereocenters. The molecule has 0 amide bonds. The third-order valence-corrected chi connectivity index (χ3v) is 2.73. The largest absolute Gasteiger partial charge is 0.382 e. The number of halogens is 1. The first-order chi connectivity index (χ1) is 7.65. The molecule has 3 heteroatoms. The van der Waals surface area contributed by atoms with Crippen LogP contribution in [-0.4, -0.2) is 5.78 Å². The zero-order chi connectivity index (χ0) is 11.5. The molecule has 0 radical (unpaired) electrons. The van der Waals surface area contributed by atoms with Crippen LogP contribution >= 0.6 is 0 Å². The van der Waals surface area contributed by atoms with Crippen molar-refractivity contribution in [2.45, 2.75) is 25.8 Å². The number of hydrogen-bond acceptors (Lipinski definition) is 2. The number of ketones is 1. The fourth-order valence-corrected chi connectivity index (χ4v) is 1.85. The van der Waals surface area contributed by atoms with Crippen molar-refractivity contribution in [2.75, 3.05) is 0 Å². The van der Waals surface area contributed by atoms with Gasteiger partial charge in [-0.05, 0) is 31.0 Å². The van der Waals surface area contributed by atoms with Gasteiger partial charge in [-0.3, -0.25) is 4.79 Å². The Balaban J connectivity index is 2.06.